The number of nitrogens with two attached hydrogens (primary N) is 1. The van der Waals surface area contributed by atoms with Crippen molar-refractivity contribution >= 4 is 5.91 Å². The first-order valence-corrected chi connectivity index (χ1v) is 5.84. The Morgan fingerprint density at radius 1 is 1.40 bits per heavy atom. The van der Waals surface area contributed by atoms with E-state index in [1.54, 1.807) is 0 Å². The normalized spacial score (nSPS) is 14.7. The van der Waals surface area contributed by atoms with E-state index in [4.69, 9.17) is 5.84 Å². The van der Waals surface area contributed by atoms with E-state index in [2.05, 4.69) is 12.3 Å². The van der Waals surface area contributed by atoms with Crippen molar-refractivity contribution in [3.8, 4) is 0 Å². The Morgan fingerprint density at radius 3 is 2.53 bits per heavy atom. The molecule has 4 nitrogen and oxygen atoms in total. The van der Waals surface area contributed by atoms with Crippen LogP contribution in [-0.4, -0.2) is 17.1 Å². The number of hydrazine groups is 1. The molecule has 0 bridgehead atoms. The van der Waals surface area contributed by atoms with Gasteiger partial charge in [0.05, 0.1) is 6.10 Å². The molecule has 0 spiro atoms. The van der Waals surface area contributed by atoms with Crippen molar-refractivity contribution in [1.29, 1.82) is 0 Å². The molecule has 1 amide bonds. The SMILES string of the molecule is CCCCC[C@@H](O)C[C@H](CC)C(=O)NN. The van der Waals surface area contributed by atoms with Gasteiger partial charge in [-0.3, -0.25) is 10.2 Å². The van der Waals surface area contributed by atoms with E-state index in [0.29, 0.717) is 12.8 Å². The highest BCUT2D eigenvalue weighted by Gasteiger charge is 2.19. The van der Waals surface area contributed by atoms with Gasteiger partial charge in [0.2, 0.25) is 5.91 Å². The van der Waals surface area contributed by atoms with Crippen LogP contribution >= 0.6 is 0 Å². The maximum atomic E-state index is 11.3. The fraction of sp³-hybridized carbons (Fsp3) is 0.909. The summed E-state index contributed by atoms with van der Waals surface area (Å²) in [5.74, 6) is 4.73. The smallest absolute Gasteiger partial charge is 0.237 e. The zero-order chi connectivity index (χ0) is 11.7. The number of hydrogen-bond donors (Lipinski definition) is 3. The topological polar surface area (TPSA) is 75.3 Å². The van der Waals surface area contributed by atoms with E-state index in [1.165, 1.54) is 0 Å². The molecule has 0 saturated heterocycles. The second kappa shape index (κ2) is 8.68. The average Bonchev–Trinajstić information content (AvgIpc) is 2.25. The average molecular weight is 216 g/mol. The maximum Gasteiger partial charge on any atom is 0.237 e. The standard InChI is InChI=1S/C11H24N2O2/c1-3-5-6-7-10(14)8-9(4-2)11(15)13-12/h9-10,14H,3-8,12H2,1-2H3,(H,13,15)/t9-,10+/m0/s1. The first-order chi connectivity index (χ1) is 7.15. The van der Waals surface area contributed by atoms with Crippen LogP contribution in [0.2, 0.25) is 0 Å². The summed E-state index contributed by atoms with van der Waals surface area (Å²) in [5.41, 5.74) is 2.14. The van der Waals surface area contributed by atoms with E-state index < -0.39 is 0 Å². The summed E-state index contributed by atoms with van der Waals surface area (Å²) < 4.78 is 0. The summed E-state index contributed by atoms with van der Waals surface area (Å²) in [6.45, 7) is 4.06. The van der Waals surface area contributed by atoms with E-state index >= 15 is 0 Å². The van der Waals surface area contributed by atoms with Gasteiger partial charge in [-0.2, -0.15) is 0 Å². The van der Waals surface area contributed by atoms with Crippen molar-refractivity contribution in [2.45, 2.75) is 58.5 Å². The van der Waals surface area contributed by atoms with Gasteiger partial charge in [0.15, 0.2) is 0 Å². The van der Waals surface area contributed by atoms with Crippen LogP contribution in [0.3, 0.4) is 0 Å². The molecule has 0 aromatic rings. The Labute approximate surface area is 92.2 Å². The Kier molecular flexibility index (Phi) is 8.33. The Morgan fingerprint density at radius 2 is 2.07 bits per heavy atom. The molecule has 0 aliphatic rings. The number of unbranched alkanes of at least 4 members (excludes halogenated alkanes) is 2. The quantitative estimate of drug-likeness (QED) is 0.248. The van der Waals surface area contributed by atoms with Gasteiger partial charge in [0.1, 0.15) is 0 Å². The van der Waals surface area contributed by atoms with Gasteiger partial charge in [-0.25, -0.2) is 5.84 Å². The van der Waals surface area contributed by atoms with Crippen LogP contribution in [-0.2, 0) is 4.79 Å². The second-order valence-electron chi connectivity index (χ2n) is 4.00. The molecular formula is C11H24N2O2. The number of rotatable bonds is 8. The summed E-state index contributed by atoms with van der Waals surface area (Å²) in [6.07, 6.45) is 4.95. The van der Waals surface area contributed by atoms with Gasteiger partial charge < -0.3 is 5.11 Å². The first kappa shape index (κ1) is 14.4. The lowest BCUT2D eigenvalue weighted by atomic mass is 9.95. The predicted molar refractivity (Wildman–Crippen MR) is 60.9 cm³/mol. The number of aliphatic hydroxyl groups is 1. The molecule has 0 rings (SSSR count). The molecule has 15 heavy (non-hydrogen) atoms. The highest BCUT2D eigenvalue weighted by atomic mass is 16.3. The van der Waals surface area contributed by atoms with Gasteiger partial charge >= 0.3 is 0 Å². The van der Waals surface area contributed by atoms with Crippen molar-refractivity contribution in [3.63, 3.8) is 0 Å². The van der Waals surface area contributed by atoms with Gasteiger partial charge in [-0.05, 0) is 19.3 Å². The number of amides is 1. The number of carbonyl (C=O) groups excluding carboxylic acids is 1. The summed E-state index contributed by atoms with van der Waals surface area (Å²) in [4.78, 5) is 11.3. The van der Waals surface area contributed by atoms with Crippen molar-refractivity contribution < 1.29 is 9.90 Å². The van der Waals surface area contributed by atoms with Crippen LogP contribution in [0.25, 0.3) is 0 Å². The summed E-state index contributed by atoms with van der Waals surface area (Å²) in [7, 11) is 0. The predicted octanol–water partition coefficient (Wildman–Crippen LogP) is 1.33. The number of nitrogens with one attached hydrogen (secondary N) is 1. The molecule has 0 radical (unpaired) electrons. The largest absolute Gasteiger partial charge is 0.393 e. The molecule has 0 fully saturated rings. The van der Waals surface area contributed by atoms with E-state index in [-0.39, 0.29) is 17.9 Å². The number of hydrogen-bond acceptors (Lipinski definition) is 3. The molecule has 0 heterocycles. The maximum absolute atomic E-state index is 11.3. The van der Waals surface area contributed by atoms with Crippen molar-refractivity contribution in [3.05, 3.63) is 0 Å². The Hall–Kier alpha value is -0.610. The van der Waals surface area contributed by atoms with Crippen LogP contribution in [0, 0.1) is 5.92 Å². The molecule has 0 aromatic heterocycles. The molecule has 4 heteroatoms. The number of aliphatic hydroxyl groups excluding tert-OH is 1. The highest BCUT2D eigenvalue weighted by Crippen LogP contribution is 2.15. The lowest BCUT2D eigenvalue weighted by Crippen LogP contribution is -2.37. The van der Waals surface area contributed by atoms with Gasteiger partial charge in [-0.1, -0.05) is 33.1 Å². The van der Waals surface area contributed by atoms with Crippen molar-refractivity contribution in [1.82, 2.24) is 5.43 Å². The van der Waals surface area contributed by atoms with Gasteiger partial charge in [0, 0.05) is 5.92 Å². The van der Waals surface area contributed by atoms with Crippen molar-refractivity contribution in [2.24, 2.45) is 11.8 Å². The molecule has 0 unspecified atom stereocenters. The van der Waals surface area contributed by atoms with Crippen LogP contribution in [0.1, 0.15) is 52.4 Å². The molecule has 0 aliphatic carbocycles. The third-order valence-corrected chi connectivity index (χ3v) is 2.70. The fourth-order valence-corrected chi connectivity index (χ4v) is 1.65. The van der Waals surface area contributed by atoms with Crippen LogP contribution in [0.15, 0.2) is 0 Å². The second-order valence-corrected chi connectivity index (χ2v) is 4.00. The molecule has 2 atom stereocenters. The fourth-order valence-electron chi connectivity index (χ4n) is 1.65. The Balaban J connectivity index is 3.80. The van der Waals surface area contributed by atoms with Crippen LogP contribution in [0.5, 0.6) is 0 Å². The molecule has 0 saturated carbocycles. The first-order valence-electron chi connectivity index (χ1n) is 5.84. The summed E-state index contributed by atoms with van der Waals surface area (Å²) >= 11 is 0. The minimum atomic E-state index is -0.376. The monoisotopic (exact) mass is 216 g/mol. The minimum absolute atomic E-state index is 0.161. The lowest BCUT2D eigenvalue weighted by Gasteiger charge is -2.17. The van der Waals surface area contributed by atoms with Gasteiger partial charge in [-0.15, -0.1) is 0 Å². The Bertz CT molecular complexity index is 174. The molecule has 4 N–H and O–H groups in total. The third-order valence-electron chi connectivity index (χ3n) is 2.70. The van der Waals surface area contributed by atoms with E-state index in [9.17, 15) is 9.90 Å². The summed E-state index contributed by atoms with van der Waals surface area (Å²) in [6, 6.07) is 0. The molecule has 0 aromatic carbocycles. The highest BCUT2D eigenvalue weighted by molar-refractivity contribution is 5.77. The zero-order valence-electron chi connectivity index (χ0n) is 9.83. The summed E-state index contributed by atoms with van der Waals surface area (Å²) in [5, 5.41) is 9.70. The minimum Gasteiger partial charge on any atom is -0.393 e. The molecule has 90 valence electrons. The van der Waals surface area contributed by atoms with Crippen molar-refractivity contribution in [2.75, 3.05) is 0 Å². The molecular weight excluding hydrogens is 192 g/mol. The third kappa shape index (κ3) is 6.47. The molecule has 0 aliphatic heterocycles. The number of carbonyl (C=O) groups is 1. The van der Waals surface area contributed by atoms with E-state index in [1.807, 2.05) is 6.92 Å². The zero-order valence-corrected chi connectivity index (χ0v) is 9.83. The van der Waals surface area contributed by atoms with E-state index in [0.717, 1.165) is 25.7 Å². The van der Waals surface area contributed by atoms with Crippen LogP contribution < -0.4 is 11.3 Å². The van der Waals surface area contributed by atoms with Crippen LogP contribution in [0.4, 0.5) is 0 Å². The lowest BCUT2D eigenvalue weighted by molar-refractivity contribution is -0.126. The van der Waals surface area contributed by atoms with Gasteiger partial charge in [0.25, 0.3) is 0 Å².